The van der Waals surface area contributed by atoms with E-state index in [9.17, 15) is 0 Å². The maximum Gasteiger partial charge on any atom is 0.155 e. The predicted molar refractivity (Wildman–Crippen MR) is 64.5 cm³/mol. The van der Waals surface area contributed by atoms with Gasteiger partial charge in [-0.1, -0.05) is 20.8 Å². The van der Waals surface area contributed by atoms with Crippen LogP contribution in [0.25, 0.3) is 5.65 Å². The van der Waals surface area contributed by atoms with E-state index in [1.54, 1.807) is 0 Å². The lowest BCUT2D eigenvalue weighted by Gasteiger charge is -2.13. The van der Waals surface area contributed by atoms with Crippen molar-refractivity contribution >= 4 is 5.65 Å². The molecule has 0 atom stereocenters. The van der Waals surface area contributed by atoms with Gasteiger partial charge in [0.1, 0.15) is 0 Å². The topological polar surface area (TPSA) is 42.2 Å². The molecule has 0 saturated heterocycles. The lowest BCUT2D eigenvalue weighted by Crippen LogP contribution is -2.12. The van der Waals surface area contributed by atoms with Crippen LogP contribution in [-0.4, -0.2) is 21.6 Å². The summed E-state index contributed by atoms with van der Waals surface area (Å²) in [5, 5.41) is 7.66. The highest BCUT2D eigenvalue weighted by molar-refractivity contribution is 5.41. The summed E-state index contributed by atoms with van der Waals surface area (Å²) in [5.41, 5.74) is 3.18. The maximum absolute atomic E-state index is 4.55. The van der Waals surface area contributed by atoms with E-state index in [1.807, 2.05) is 30.0 Å². The van der Waals surface area contributed by atoms with Crippen LogP contribution in [0.15, 0.2) is 18.5 Å². The van der Waals surface area contributed by atoms with Gasteiger partial charge in [-0.25, -0.2) is 9.50 Å². The Morgan fingerprint density at radius 2 is 2.12 bits per heavy atom. The van der Waals surface area contributed by atoms with E-state index in [-0.39, 0.29) is 5.41 Å². The summed E-state index contributed by atoms with van der Waals surface area (Å²) in [5.74, 6) is 0. The zero-order valence-electron chi connectivity index (χ0n) is 10.3. The van der Waals surface area contributed by atoms with Crippen molar-refractivity contribution in [3.8, 4) is 0 Å². The van der Waals surface area contributed by atoms with Crippen LogP contribution in [-0.2, 0) is 12.0 Å². The molecule has 0 bridgehead atoms. The van der Waals surface area contributed by atoms with Crippen molar-refractivity contribution in [3.05, 3.63) is 29.7 Å². The molecule has 4 nitrogen and oxygen atoms in total. The first-order chi connectivity index (χ1) is 7.50. The molecule has 1 N–H and O–H groups in total. The van der Waals surface area contributed by atoms with Crippen LogP contribution in [0.5, 0.6) is 0 Å². The average molecular weight is 218 g/mol. The second-order valence-corrected chi connectivity index (χ2v) is 5.07. The Labute approximate surface area is 95.7 Å². The molecule has 0 unspecified atom stereocenters. The highest BCUT2D eigenvalue weighted by Crippen LogP contribution is 2.21. The molecule has 2 aromatic rings. The smallest absolute Gasteiger partial charge is 0.155 e. The molecule has 0 aliphatic carbocycles. The maximum atomic E-state index is 4.55. The third-order valence-corrected chi connectivity index (χ3v) is 2.52. The van der Waals surface area contributed by atoms with E-state index in [0.717, 1.165) is 23.4 Å². The Bertz CT molecular complexity index is 493. The van der Waals surface area contributed by atoms with Gasteiger partial charge in [0.2, 0.25) is 0 Å². The molecule has 2 aromatic heterocycles. The first-order valence-electron chi connectivity index (χ1n) is 5.50. The Balaban J connectivity index is 2.46. The van der Waals surface area contributed by atoms with Gasteiger partial charge in [-0.05, 0) is 7.05 Å². The molecule has 2 heterocycles. The minimum Gasteiger partial charge on any atom is -0.316 e. The van der Waals surface area contributed by atoms with Crippen molar-refractivity contribution in [2.45, 2.75) is 32.7 Å². The molecule has 0 spiro atoms. The second kappa shape index (κ2) is 3.87. The number of nitrogens with zero attached hydrogens (tertiary/aromatic N) is 3. The Kier molecular flexibility index (Phi) is 2.68. The fraction of sp³-hybridized carbons (Fsp3) is 0.500. The molecule has 0 amide bonds. The number of hydrogen-bond acceptors (Lipinski definition) is 3. The molecule has 0 aliphatic rings. The summed E-state index contributed by atoms with van der Waals surface area (Å²) in [6.45, 7) is 7.28. The molecule has 0 aromatic carbocycles. The van der Waals surface area contributed by atoms with Crippen molar-refractivity contribution in [3.63, 3.8) is 0 Å². The van der Waals surface area contributed by atoms with Crippen LogP contribution < -0.4 is 5.32 Å². The zero-order valence-corrected chi connectivity index (χ0v) is 10.3. The molecular formula is C12H18N4. The van der Waals surface area contributed by atoms with E-state index in [0.29, 0.717) is 0 Å². The lowest BCUT2D eigenvalue weighted by atomic mass is 9.93. The summed E-state index contributed by atoms with van der Waals surface area (Å²) in [7, 11) is 1.92. The largest absolute Gasteiger partial charge is 0.316 e. The van der Waals surface area contributed by atoms with E-state index in [1.165, 1.54) is 0 Å². The first-order valence-corrected chi connectivity index (χ1v) is 5.50. The number of aromatic nitrogens is 3. The molecular weight excluding hydrogens is 200 g/mol. The monoisotopic (exact) mass is 218 g/mol. The Hall–Kier alpha value is -1.42. The fourth-order valence-corrected chi connectivity index (χ4v) is 1.58. The first kappa shape index (κ1) is 11.1. The van der Waals surface area contributed by atoms with Crippen molar-refractivity contribution in [2.75, 3.05) is 7.05 Å². The predicted octanol–water partition coefficient (Wildman–Crippen LogP) is 1.75. The van der Waals surface area contributed by atoms with Crippen LogP contribution in [0.4, 0.5) is 0 Å². The molecule has 0 saturated carbocycles. The van der Waals surface area contributed by atoms with Crippen LogP contribution in [0.2, 0.25) is 0 Å². The number of rotatable bonds is 2. The number of nitrogens with one attached hydrogen (secondary N) is 1. The van der Waals surface area contributed by atoms with Gasteiger partial charge in [0, 0.05) is 36.0 Å². The van der Waals surface area contributed by atoms with Crippen LogP contribution in [0.3, 0.4) is 0 Å². The van der Waals surface area contributed by atoms with Crippen molar-refractivity contribution in [2.24, 2.45) is 0 Å². The van der Waals surface area contributed by atoms with Gasteiger partial charge in [0.15, 0.2) is 5.65 Å². The van der Waals surface area contributed by atoms with Crippen molar-refractivity contribution in [1.29, 1.82) is 0 Å². The van der Waals surface area contributed by atoms with Gasteiger partial charge < -0.3 is 5.32 Å². The third kappa shape index (κ3) is 2.07. The molecule has 0 radical (unpaired) electrons. The van der Waals surface area contributed by atoms with Gasteiger partial charge in [-0.15, -0.1) is 0 Å². The Morgan fingerprint density at radius 1 is 1.38 bits per heavy atom. The average Bonchev–Trinajstić information content (AvgIpc) is 2.60. The van der Waals surface area contributed by atoms with Crippen LogP contribution >= 0.6 is 0 Å². The van der Waals surface area contributed by atoms with Crippen molar-refractivity contribution < 1.29 is 0 Å². The van der Waals surface area contributed by atoms with Gasteiger partial charge in [0.05, 0.1) is 5.69 Å². The highest BCUT2D eigenvalue weighted by atomic mass is 15.2. The minimum absolute atomic E-state index is 0.0663. The highest BCUT2D eigenvalue weighted by Gasteiger charge is 2.17. The molecule has 2 rings (SSSR count). The van der Waals surface area contributed by atoms with E-state index in [2.05, 4.69) is 36.2 Å². The van der Waals surface area contributed by atoms with E-state index in [4.69, 9.17) is 0 Å². The summed E-state index contributed by atoms with van der Waals surface area (Å²) >= 11 is 0. The molecule has 4 heteroatoms. The zero-order chi connectivity index (χ0) is 11.8. The van der Waals surface area contributed by atoms with Gasteiger partial charge in [-0.3, -0.25) is 0 Å². The van der Waals surface area contributed by atoms with Crippen LogP contribution in [0, 0.1) is 0 Å². The normalized spacial score (nSPS) is 12.2. The molecule has 86 valence electrons. The van der Waals surface area contributed by atoms with Crippen molar-refractivity contribution in [1.82, 2.24) is 19.9 Å². The second-order valence-electron chi connectivity index (χ2n) is 5.07. The van der Waals surface area contributed by atoms with Gasteiger partial charge in [-0.2, -0.15) is 5.10 Å². The Morgan fingerprint density at radius 3 is 2.75 bits per heavy atom. The van der Waals surface area contributed by atoms with Gasteiger partial charge >= 0.3 is 0 Å². The SMILES string of the molecule is CNCc1cnc2cc(C(C)(C)C)nn2c1. The standard InChI is InChI=1S/C12H18N4/c1-12(2,3)10-5-11-14-7-9(6-13-4)8-16(11)15-10/h5,7-8,13H,6H2,1-4H3. The quantitative estimate of drug-likeness (QED) is 0.835. The van der Waals surface area contributed by atoms with Crippen LogP contribution in [0.1, 0.15) is 32.0 Å². The lowest BCUT2D eigenvalue weighted by molar-refractivity contribution is 0.562. The number of hydrogen-bond donors (Lipinski definition) is 1. The molecule has 16 heavy (non-hydrogen) atoms. The molecule has 0 fully saturated rings. The summed E-state index contributed by atoms with van der Waals surface area (Å²) in [6.07, 6.45) is 3.91. The summed E-state index contributed by atoms with van der Waals surface area (Å²) in [4.78, 5) is 4.39. The summed E-state index contributed by atoms with van der Waals surface area (Å²) < 4.78 is 1.85. The fourth-order valence-electron chi connectivity index (χ4n) is 1.58. The van der Waals surface area contributed by atoms with E-state index < -0.39 is 0 Å². The molecule has 0 aliphatic heterocycles. The number of fused-ring (bicyclic) bond motifs is 1. The van der Waals surface area contributed by atoms with E-state index >= 15 is 0 Å². The summed E-state index contributed by atoms with van der Waals surface area (Å²) in [6, 6.07) is 2.04. The van der Waals surface area contributed by atoms with Gasteiger partial charge in [0.25, 0.3) is 0 Å². The third-order valence-electron chi connectivity index (χ3n) is 2.52. The minimum atomic E-state index is 0.0663.